The minimum Gasteiger partial charge on any atom is -0.459 e. The molecule has 0 saturated carbocycles. The second kappa shape index (κ2) is 6.73. The summed E-state index contributed by atoms with van der Waals surface area (Å²) < 4.78 is 10.6. The molecular formula is C16H10Cl2N2O3. The van der Waals surface area contributed by atoms with Crippen molar-refractivity contribution in [3.8, 4) is 11.3 Å². The maximum atomic E-state index is 11.6. The minimum absolute atomic E-state index is 0.179. The summed E-state index contributed by atoms with van der Waals surface area (Å²) in [6.07, 6.45) is 2.80. The second-order valence-corrected chi connectivity index (χ2v) is 5.32. The zero-order valence-electron chi connectivity index (χ0n) is 11.6. The molecule has 2 aromatic heterocycles. The van der Waals surface area contributed by atoms with Crippen molar-refractivity contribution in [3.05, 3.63) is 70.3 Å². The molecule has 0 bridgehead atoms. The van der Waals surface area contributed by atoms with Crippen LogP contribution in [0.5, 0.6) is 0 Å². The smallest absolute Gasteiger partial charge is 0.307 e. The van der Waals surface area contributed by atoms with Crippen LogP contribution < -0.4 is 5.43 Å². The molecule has 1 aromatic carbocycles. The summed E-state index contributed by atoms with van der Waals surface area (Å²) in [6, 6.07) is 11.9. The molecule has 7 heteroatoms. The summed E-state index contributed by atoms with van der Waals surface area (Å²) in [5, 5.41) is 4.73. The third kappa shape index (κ3) is 3.64. The van der Waals surface area contributed by atoms with Crippen molar-refractivity contribution in [2.45, 2.75) is 0 Å². The Bertz CT molecular complexity index is 854. The van der Waals surface area contributed by atoms with E-state index in [2.05, 4.69) is 10.5 Å². The number of halogens is 2. The third-order valence-electron chi connectivity index (χ3n) is 2.93. The van der Waals surface area contributed by atoms with Crippen LogP contribution >= 0.6 is 23.2 Å². The van der Waals surface area contributed by atoms with Crippen LogP contribution in [0.1, 0.15) is 16.3 Å². The SMILES string of the molecule is O=C(N/N=C\c1ccc(-c2ccc(Cl)c(Cl)c2)o1)c1ccco1. The van der Waals surface area contributed by atoms with E-state index in [0.29, 0.717) is 21.6 Å². The Kier molecular flexibility index (Phi) is 4.50. The van der Waals surface area contributed by atoms with Crippen LogP contribution in [0.3, 0.4) is 0 Å². The summed E-state index contributed by atoms with van der Waals surface area (Å²) in [5.74, 6) is 0.828. The summed E-state index contributed by atoms with van der Waals surface area (Å²) in [7, 11) is 0. The van der Waals surface area contributed by atoms with Crippen molar-refractivity contribution >= 4 is 35.3 Å². The van der Waals surface area contributed by atoms with Crippen LogP contribution in [0.25, 0.3) is 11.3 Å². The van der Waals surface area contributed by atoms with Crippen LogP contribution in [-0.2, 0) is 0 Å². The normalized spacial score (nSPS) is 11.0. The fraction of sp³-hybridized carbons (Fsp3) is 0. The number of amides is 1. The molecule has 0 unspecified atom stereocenters. The predicted octanol–water partition coefficient (Wildman–Crippen LogP) is 4.61. The number of rotatable bonds is 4. The van der Waals surface area contributed by atoms with Gasteiger partial charge in [-0.05, 0) is 42.5 Å². The molecule has 1 amide bonds. The maximum absolute atomic E-state index is 11.6. The summed E-state index contributed by atoms with van der Waals surface area (Å²) in [5.41, 5.74) is 3.13. The summed E-state index contributed by atoms with van der Waals surface area (Å²) >= 11 is 11.9. The minimum atomic E-state index is -0.442. The Balaban J connectivity index is 1.68. The van der Waals surface area contributed by atoms with Gasteiger partial charge in [-0.3, -0.25) is 4.79 Å². The van der Waals surface area contributed by atoms with Gasteiger partial charge in [0, 0.05) is 5.56 Å². The van der Waals surface area contributed by atoms with E-state index in [-0.39, 0.29) is 5.76 Å². The fourth-order valence-corrected chi connectivity index (χ4v) is 2.14. The molecule has 0 fully saturated rings. The Morgan fingerprint density at radius 1 is 1.13 bits per heavy atom. The van der Waals surface area contributed by atoms with E-state index in [4.69, 9.17) is 32.0 Å². The van der Waals surface area contributed by atoms with Crippen LogP contribution in [-0.4, -0.2) is 12.1 Å². The van der Waals surface area contributed by atoms with Gasteiger partial charge in [0.2, 0.25) is 0 Å². The molecule has 0 aliphatic rings. The average molecular weight is 349 g/mol. The molecule has 2 heterocycles. The first kappa shape index (κ1) is 15.4. The highest BCUT2D eigenvalue weighted by molar-refractivity contribution is 6.42. The van der Waals surface area contributed by atoms with Gasteiger partial charge in [-0.2, -0.15) is 5.10 Å². The maximum Gasteiger partial charge on any atom is 0.307 e. The van der Waals surface area contributed by atoms with Crippen molar-refractivity contribution in [1.29, 1.82) is 0 Å². The molecule has 0 radical (unpaired) electrons. The zero-order chi connectivity index (χ0) is 16.2. The third-order valence-corrected chi connectivity index (χ3v) is 3.67. The topological polar surface area (TPSA) is 67.7 Å². The Hall–Kier alpha value is -2.50. The first-order chi connectivity index (χ1) is 11.1. The number of carbonyl (C=O) groups is 1. The van der Waals surface area contributed by atoms with Gasteiger partial charge in [0.15, 0.2) is 5.76 Å². The monoisotopic (exact) mass is 348 g/mol. The van der Waals surface area contributed by atoms with Gasteiger partial charge in [0.25, 0.3) is 0 Å². The van der Waals surface area contributed by atoms with Crippen LogP contribution in [0.4, 0.5) is 0 Å². The van der Waals surface area contributed by atoms with Gasteiger partial charge < -0.3 is 8.83 Å². The van der Waals surface area contributed by atoms with Gasteiger partial charge in [0.1, 0.15) is 11.5 Å². The van der Waals surface area contributed by atoms with Crippen molar-refractivity contribution in [2.75, 3.05) is 0 Å². The number of benzene rings is 1. The van der Waals surface area contributed by atoms with Gasteiger partial charge in [0.05, 0.1) is 22.5 Å². The summed E-state index contributed by atoms with van der Waals surface area (Å²) in [6.45, 7) is 0. The Morgan fingerprint density at radius 2 is 2.00 bits per heavy atom. The van der Waals surface area contributed by atoms with Gasteiger partial charge >= 0.3 is 5.91 Å². The molecule has 1 N–H and O–H groups in total. The molecule has 5 nitrogen and oxygen atoms in total. The number of hydrogen-bond donors (Lipinski definition) is 1. The molecule has 0 saturated heterocycles. The lowest BCUT2D eigenvalue weighted by Gasteiger charge is -1.99. The molecule has 0 aliphatic carbocycles. The Labute approximate surface area is 141 Å². The first-order valence-electron chi connectivity index (χ1n) is 6.55. The largest absolute Gasteiger partial charge is 0.459 e. The highest BCUT2D eigenvalue weighted by atomic mass is 35.5. The van der Waals surface area contributed by atoms with E-state index in [1.54, 1.807) is 42.5 Å². The number of nitrogens with zero attached hydrogens (tertiary/aromatic N) is 1. The lowest BCUT2D eigenvalue weighted by atomic mass is 10.2. The average Bonchev–Trinajstić information content (AvgIpc) is 3.21. The van der Waals surface area contributed by atoms with E-state index in [9.17, 15) is 4.79 Å². The van der Waals surface area contributed by atoms with Crippen molar-refractivity contribution < 1.29 is 13.6 Å². The predicted molar refractivity (Wildman–Crippen MR) is 87.9 cm³/mol. The number of nitrogens with one attached hydrogen (secondary N) is 1. The number of carbonyl (C=O) groups excluding carboxylic acids is 1. The van der Waals surface area contributed by atoms with E-state index in [1.807, 2.05) is 0 Å². The summed E-state index contributed by atoms with van der Waals surface area (Å²) in [4.78, 5) is 11.6. The molecule has 23 heavy (non-hydrogen) atoms. The Morgan fingerprint density at radius 3 is 2.74 bits per heavy atom. The zero-order valence-corrected chi connectivity index (χ0v) is 13.1. The molecule has 116 valence electrons. The van der Waals surface area contributed by atoms with Crippen molar-refractivity contribution in [2.24, 2.45) is 5.10 Å². The fourth-order valence-electron chi connectivity index (χ4n) is 1.84. The van der Waals surface area contributed by atoms with Crippen LogP contribution in [0.2, 0.25) is 10.0 Å². The highest BCUT2D eigenvalue weighted by Crippen LogP contribution is 2.29. The molecule has 3 rings (SSSR count). The lowest BCUT2D eigenvalue weighted by molar-refractivity contribution is 0.0927. The van der Waals surface area contributed by atoms with E-state index in [1.165, 1.54) is 12.5 Å². The van der Waals surface area contributed by atoms with Gasteiger partial charge in [-0.25, -0.2) is 5.43 Å². The number of hydrazone groups is 1. The first-order valence-corrected chi connectivity index (χ1v) is 7.31. The van der Waals surface area contributed by atoms with Gasteiger partial charge in [-0.1, -0.05) is 23.2 Å². The van der Waals surface area contributed by atoms with E-state index < -0.39 is 5.91 Å². The molecule has 0 aliphatic heterocycles. The van der Waals surface area contributed by atoms with E-state index in [0.717, 1.165) is 5.56 Å². The standard InChI is InChI=1S/C16H10Cl2N2O3/c17-12-5-3-10(8-13(12)18)14-6-4-11(23-14)9-19-20-16(21)15-2-1-7-22-15/h1-9H,(H,20,21)/b19-9-. The second-order valence-electron chi connectivity index (χ2n) is 4.51. The number of furan rings is 2. The molecule has 0 atom stereocenters. The van der Waals surface area contributed by atoms with Crippen LogP contribution in [0, 0.1) is 0 Å². The lowest BCUT2D eigenvalue weighted by Crippen LogP contribution is -2.16. The van der Waals surface area contributed by atoms with Crippen molar-refractivity contribution in [3.63, 3.8) is 0 Å². The molecule has 0 spiro atoms. The molecule has 3 aromatic rings. The highest BCUT2D eigenvalue weighted by Gasteiger charge is 2.08. The van der Waals surface area contributed by atoms with Crippen LogP contribution in [0.15, 0.2) is 62.7 Å². The quantitative estimate of drug-likeness (QED) is 0.552. The number of hydrogen-bond acceptors (Lipinski definition) is 4. The van der Waals surface area contributed by atoms with Gasteiger partial charge in [-0.15, -0.1) is 0 Å². The van der Waals surface area contributed by atoms with Crippen molar-refractivity contribution in [1.82, 2.24) is 5.43 Å². The van der Waals surface area contributed by atoms with E-state index >= 15 is 0 Å². The molecular weight excluding hydrogens is 339 g/mol.